The monoisotopic (exact) mass is 402 g/mol. The first kappa shape index (κ1) is 18.8. The lowest BCUT2D eigenvalue weighted by molar-refractivity contribution is -0.122. The van der Waals surface area contributed by atoms with Gasteiger partial charge in [0.05, 0.1) is 23.9 Å². The average molecular weight is 403 g/mol. The van der Waals surface area contributed by atoms with Gasteiger partial charge < -0.3 is 14.8 Å². The second-order valence-corrected chi connectivity index (χ2v) is 6.29. The van der Waals surface area contributed by atoms with Crippen molar-refractivity contribution in [2.24, 2.45) is 0 Å². The molecule has 0 bridgehead atoms. The van der Waals surface area contributed by atoms with Gasteiger partial charge >= 0.3 is 0 Å². The number of halogens is 1. The molecular weight excluding hydrogens is 384 g/mol. The summed E-state index contributed by atoms with van der Waals surface area (Å²) in [6.07, 6.45) is -0.736. The molecule has 0 radical (unpaired) electrons. The Morgan fingerprint density at radius 1 is 1.28 bits per heavy atom. The topological polar surface area (TPSA) is 71.3 Å². The molecule has 0 unspecified atom stereocenters. The van der Waals surface area contributed by atoms with E-state index in [-0.39, 0.29) is 5.91 Å². The molecule has 0 fully saturated rings. The number of carbonyl (C=O) groups excluding carboxylic acids is 1. The molecule has 25 heavy (non-hydrogen) atoms. The molecule has 1 amide bonds. The predicted molar refractivity (Wildman–Crippen MR) is 99.9 cm³/mol. The van der Waals surface area contributed by atoms with E-state index in [1.807, 2.05) is 32.0 Å². The highest BCUT2D eigenvalue weighted by atomic mass is 79.9. The summed E-state index contributed by atoms with van der Waals surface area (Å²) in [5.74, 6) is 0.584. The molecule has 0 aliphatic carbocycles. The van der Waals surface area contributed by atoms with Crippen LogP contribution in [0.4, 0.5) is 5.69 Å². The number of anilines is 1. The van der Waals surface area contributed by atoms with Crippen molar-refractivity contribution in [3.63, 3.8) is 0 Å². The SMILES string of the molecule is CCOc1cc(C#N)ccc1O[C@@H](C)C(=O)Nc1ccc(C)cc1Br. The van der Waals surface area contributed by atoms with Crippen LogP contribution in [-0.4, -0.2) is 18.6 Å². The van der Waals surface area contributed by atoms with Gasteiger partial charge in [0.25, 0.3) is 5.91 Å². The maximum atomic E-state index is 12.4. The highest BCUT2D eigenvalue weighted by Gasteiger charge is 2.18. The van der Waals surface area contributed by atoms with Gasteiger partial charge in [-0.05, 0) is 66.5 Å². The van der Waals surface area contributed by atoms with E-state index >= 15 is 0 Å². The molecule has 0 saturated carbocycles. The summed E-state index contributed by atoms with van der Waals surface area (Å²) in [6.45, 7) is 5.91. The number of hydrogen-bond donors (Lipinski definition) is 1. The van der Waals surface area contributed by atoms with Crippen LogP contribution < -0.4 is 14.8 Å². The zero-order valence-corrected chi connectivity index (χ0v) is 15.9. The van der Waals surface area contributed by atoms with Crippen LogP contribution in [0.15, 0.2) is 40.9 Å². The maximum Gasteiger partial charge on any atom is 0.265 e. The van der Waals surface area contributed by atoms with Crippen molar-refractivity contribution < 1.29 is 14.3 Å². The van der Waals surface area contributed by atoms with E-state index in [2.05, 4.69) is 27.3 Å². The maximum absolute atomic E-state index is 12.4. The average Bonchev–Trinajstić information content (AvgIpc) is 2.59. The molecule has 0 saturated heterocycles. The predicted octanol–water partition coefficient (Wildman–Crippen LogP) is 4.43. The first-order valence-electron chi connectivity index (χ1n) is 7.85. The van der Waals surface area contributed by atoms with E-state index in [9.17, 15) is 4.79 Å². The third-order valence-corrected chi connectivity index (χ3v) is 4.08. The fraction of sp³-hybridized carbons (Fsp3) is 0.263. The van der Waals surface area contributed by atoms with Crippen molar-refractivity contribution in [2.75, 3.05) is 11.9 Å². The summed E-state index contributed by atoms with van der Waals surface area (Å²) in [6, 6.07) is 12.6. The van der Waals surface area contributed by atoms with Crippen LogP contribution in [0.3, 0.4) is 0 Å². The lowest BCUT2D eigenvalue weighted by atomic mass is 10.2. The van der Waals surface area contributed by atoms with Crippen LogP contribution in [0.1, 0.15) is 25.0 Å². The first-order valence-corrected chi connectivity index (χ1v) is 8.64. The standard InChI is InChI=1S/C19H19BrN2O3/c1-4-24-18-10-14(11-21)6-8-17(18)25-13(3)19(23)22-16-7-5-12(2)9-15(16)20/h5-10,13H,4H2,1-3H3,(H,22,23)/t13-/m0/s1. The number of ether oxygens (including phenoxy) is 2. The molecular formula is C19H19BrN2O3. The molecule has 2 aromatic carbocycles. The van der Waals surface area contributed by atoms with Crippen LogP contribution in [-0.2, 0) is 4.79 Å². The summed E-state index contributed by atoms with van der Waals surface area (Å²) < 4.78 is 12.0. The van der Waals surface area contributed by atoms with Gasteiger partial charge in [-0.1, -0.05) is 6.07 Å². The Bertz CT molecular complexity index is 815. The van der Waals surface area contributed by atoms with Gasteiger partial charge in [-0.2, -0.15) is 5.26 Å². The van der Waals surface area contributed by atoms with Gasteiger partial charge in [-0.25, -0.2) is 0 Å². The second kappa shape index (κ2) is 8.54. The lowest BCUT2D eigenvalue weighted by Crippen LogP contribution is -2.30. The molecule has 2 rings (SSSR count). The van der Waals surface area contributed by atoms with Crippen LogP contribution in [0, 0.1) is 18.3 Å². The van der Waals surface area contributed by atoms with Crippen molar-refractivity contribution in [1.29, 1.82) is 5.26 Å². The van der Waals surface area contributed by atoms with E-state index in [0.717, 1.165) is 10.0 Å². The van der Waals surface area contributed by atoms with E-state index in [1.54, 1.807) is 25.1 Å². The Morgan fingerprint density at radius 3 is 2.68 bits per heavy atom. The number of amides is 1. The lowest BCUT2D eigenvalue weighted by Gasteiger charge is -2.18. The second-order valence-electron chi connectivity index (χ2n) is 5.44. The molecule has 0 aliphatic heterocycles. The molecule has 5 nitrogen and oxygen atoms in total. The van der Waals surface area contributed by atoms with E-state index in [4.69, 9.17) is 14.7 Å². The molecule has 6 heteroatoms. The molecule has 130 valence electrons. The highest BCUT2D eigenvalue weighted by molar-refractivity contribution is 9.10. The Hall–Kier alpha value is -2.52. The van der Waals surface area contributed by atoms with E-state index in [0.29, 0.717) is 29.4 Å². The third kappa shape index (κ3) is 4.97. The number of carbonyl (C=O) groups is 1. The fourth-order valence-corrected chi connectivity index (χ4v) is 2.74. The number of benzene rings is 2. The number of aryl methyl sites for hydroxylation is 1. The van der Waals surface area contributed by atoms with Crippen LogP contribution >= 0.6 is 15.9 Å². The zero-order valence-electron chi connectivity index (χ0n) is 14.3. The van der Waals surface area contributed by atoms with Crippen molar-refractivity contribution in [2.45, 2.75) is 26.9 Å². The van der Waals surface area contributed by atoms with E-state index < -0.39 is 6.10 Å². The number of nitriles is 1. The summed E-state index contributed by atoms with van der Waals surface area (Å²) in [5.41, 5.74) is 2.24. The largest absolute Gasteiger partial charge is 0.490 e. The van der Waals surface area contributed by atoms with Crippen LogP contribution in [0.25, 0.3) is 0 Å². The Kier molecular flexibility index (Phi) is 6.43. The Labute approximate surface area is 155 Å². The van der Waals surface area contributed by atoms with Gasteiger partial charge in [0.2, 0.25) is 0 Å². The number of rotatable bonds is 6. The van der Waals surface area contributed by atoms with Gasteiger partial charge in [-0.3, -0.25) is 4.79 Å². The molecule has 1 atom stereocenters. The summed E-state index contributed by atoms with van der Waals surface area (Å²) in [5, 5.41) is 11.8. The molecule has 0 spiro atoms. The minimum atomic E-state index is -0.736. The smallest absolute Gasteiger partial charge is 0.265 e. The van der Waals surface area contributed by atoms with Gasteiger partial charge in [0, 0.05) is 10.5 Å². The van der Waals surface area contributed by atoms with Gasteiger partial charge in [-0.15, -0.1) is 0 Å². The minimum Gasteiger partial charge on any atom is -0.490 e. The number of nitrogens with zero attached hydrogens (tertiary/aromatic N) is 1. The number of hydrogen-bond acceptors (Lipinski definition) is 4. The number of nitrogens with one attached hydrogen (secondary N) is 1. The van der Waals surface area contributed by atoms with Crippen molar-refractivity contribution in [1.82, 2.24) is 0 Å². The van der Waals surface area contributed by atoms with Crippen LogP contribution in [0.2, 0.25) is 0 Å². The third-order valence-electron chi connectivity index (χ3n) is 3.43. The van der Waals surface area contributed by atoms with Crippen LogP contribution in [0.5, 0.6) is 11.5 Å². The molecule has 0 heterocycles. The molecule has 2 aromatic rings. The summed E-state index contributed by atoms with van der Waals surface area (Å²) in [7, 11) is 0. The van der Waals surface area contributed by atoms with E-state index in [1.165, 1.54) is 0 Å². The normalized spacial score (nSPS) is 11.3. The summed E-state index contributed by atoms with van der Waals surface area (Å²) in [4.78, 5) is 12.4. The Morgan fingerprint density at radius 2 is 2.04 bits per heavy atom. The van der Waals surface area contributed by atoms with Gasteiger partial charge in [0.15, 0.2) is 17.6 Å². The Balaban J connectivity index is 2.12. The minimum absolute atomic E-state index is 0.281. The molecule has 0 aromatic heterocycles. The van der Waals surface area contributed by atoms with Crippen molar-refractivity contribution in [3.05, 3.63) is 52.0 Å². The van der Waals surface area contributed by atoms with Crippen molar-refractivity contribution in [3.8, 4) is 17.6 Å². The first-order chi connectivity index (χ1) is 11.9. The highest BCUT2D eigenvalue weighted by Crippen LogP contribution is 2.30. The molecule has 1 N–H and O–H groups in total. The zero-order chi connectivity index (χ0) is 18.4. The quantitative estimate of drug-likeness (QED) is 0.775. The molecule has 0 aliphatic rings. The fourth-order valence-electron chi connectivity index (χ4n) is 2.14. The van der Waals surface area contributed by atoms with Crippen molar-refractivity contribution >= 4 is 27.5 Å². The van der Waals surface area contributed by atoms with Gasteiger partial charge in [0.1, 0.15) is 0 Å². The summed E-state index contributed by atoms with van der Waals surface area (Å²) >= 11 is 3.43.